The van der Waals surface area contributed by atoms with Crippen molar-refractivity contribution in [2.45, 2.75) is 25.9 Å². The summed E-state index contributed by atoms with van der Waals surface area (Å²) in [7, 11) is 0. The van der Waals surface area contributed by atoms with Crippen LogP contribution in [0.1, 0.15) is 18.2 Å². The van der Waals surface area contributed by atoms with Gasteiger partial charge in [0.1, 0.15) is 0 Å². The van der Waals surface area contributed by atoms with Crippen molar-refractivity contribution in [1.29, 1.82) is 0 Å². The largest absolute Gasteiger partial charge is 0.339 e. The van der Waals surface area contributed by atoms with Gasteiger partial charge in [0.05, 0.1) is 18.1 Å². The SMILES string of the molecule is CCN1CCN(C(=O)[C@@H](N)Cc2cn(Cc3ccccc3)cn2)CC1.Cl.Cl.Cl. The number of hydrogen-bond donors (Lipinski definition) is 1. The summed E-state index contributed by atoms with van der Waals surface area (Å²) in [6.07, 6.45) is 4.27. The van der Waals surface area contributed by atoms with Crippen molar-refractivity contribution in [2.24, 2.45) is 5.73 Å². The average molecular weight is 451 g/mol. The number of amides is 1. The van der Waals surface area contributed by atoms with Crippen LogP contribution in [0.2, 0.25) is 0 Å². The molecule has 0 radical (unpaired) electrons. The van der Waals surface area contributed by atoms with Crippen molar-refractivity contribution in [2.75, 3.05) is 32.7 Å². The Morgan fingerprint density at radius 1 is 1.11 bits per heavy atom. The van der Waals surface area contributed by atoms with Crippen LogP contribution >= 0.6 is 37.2 Å². The summed E-state index contributed by atoms with van der Waals surface area (Å²) in [5.41, 5.74) is 8.24. The maximum absolute atomic E-state index is 12.5. The molecule has 158 valence electrons. The zero-order chi connectivity index (χ0) is 17.6. The summed E-state index contributed by atoms with van der Waals surface area (Å²) in [6.45, 7) is 7.35. The molecule has 2 heterocycles. The van der Waals surface area contributed by atoms with Crippen molar-refractivity contribution < 1.29 is 4.79 Å². The summed E-state index contributed by atoms with van der Waals surface area (Å²) < 4.78 is 2.03. The minimum Gasteiger partial charge on any atom is -0.339 e. The Kier molecular flexibility index (Phi) is 12.4. The first-order valence-corrected chi connectivity index (χ1v) is 8.97. The molecule has 1 saturated heterocycles. The molecular weight excluding hydrogens is 421 g/mol. The number of likely N-dealkylation sites (N-methyl/N-ethyl adjacent to an activating group) is 1. The molecule has 3 rings (SSSR count). The van der Waals surface area contributed by atoms with Gasteiger partial charge in [-0.2, -0.15) is 0 Å². The Labute approximate surface area is 185 Å². The smallest absolute Gasteiger partial charge is 0.239 e. The quantitative estimate of drug-likeness (QED) is 0.733. The standard InChI is InChI=1S/C19H27N5O.3ClH/c1-2-22-8-10-24(11-9-22)19(25)18(20)12-17-14-23(15-21-17)13-16-6-4-3-5-7-16;;;/h3-7,14-15,18H,2,8-13,20H2,1H3;3*1H/t18-;;;/m0.../s1. The third-order valence-electron chi connectivity index (χ3n) is 4.77. The average Bonchev–Trinajstić information content (AvgIpc) is 3.08. The first-order chi connectivity index (χ1) is 12.2. The number of benzene rings is 1. The van der Waals surface area contributed by atoms with E-state index < -0.39 is 6.04 Å². The van der Waals surface area contributed by atoms with Crippen LogP contribution in [0, 0.1) is 0 Å². The number of aromatic nitrogens is 2. The van der Waals surface area contributed by atoms with Gasteiger partial charge in [0.2, 0.25) is 5.91 Å². The molecule has 0 saturated carbocycles. The second kappa shape index (κ2) is 13.0. The third kappa shape index (κ3) is 7.26. The minimum atomic E-state index is -0.520. The topological polar surface area (TPSA) is 67.4 Å². The number of imidazole rings is 1. The van der Waals surface area contributed by atoms with E-state index in [0.29, 0.717) is 6.42 Å². The van der Waals surface area contributed by atoms with Crippen LogP contribution in [0.15, 0.2) is 42.9 Å². The second-order valence-electron chi connectivity index (χ2n) is 6.59. The van der Waals surface area contributed by atoms with Crippen LogP contribution in [0.5, 0.6) is 0 Å². The number of halogens is 3. The van der Waals surface area contributed by atoms with Crippen LogP contribution in [-0.2, 0) is 17.8 Å². The van der Waals surface area contributed by atoms with E-state index in [2.05, 4.69) is 28.9 Å². The lowest BCUT2D eigenvalue weighted by atomic mass is 10.1. The summed E-state index contributed by atoms with van der Waals surface area (Å²) in [5.74, 6) is 0.0355. The van der Waals surface area contributed by atoms with E-state index in [1.54, 1.807) is 6.33 Å². The van der Waals surface area contributed by atoms with Crippen molar-refractivity contribution in [3.05, 3.63) is 54.1 Å². The maximum atomic E-state index is 12.5. The number of carbonyl (C=O) groups excluding carboxylic acids is 1. The van der Waals surface area contributed by atoms with Crippen molar-refractivity contribution >= 4 is 43.1 Å². The molecule has 0 aliphatic carbocycles. The van der Waals surface area contributed by atoms with E-state index in [4.69, 9.17) is 5.73 Å². The van der Waals surface area contributed by atoms with Crippen LogP contribution in [0.4, 0.5) is 0 Å². The van der Waals surface area contributed by atoms with Gasteiger partial charge in [-0.1, -0.05) is 37.3 Å². The Morgan fingerprint density at radius 2 is 1.75 bits per heavy atom. The number of carbonyl (C=O) groups is 1. The number of hydrogen-bond acceptors (Lipinski definition) is 4. The number of piperazine rings is 1. The molecule has 6 nitrogen and oxygen atoms in total. The molecule has 1 aromatic heterocycles. The highest BCUT2D eigenvalue weighted by atomic mass is 35.5. The molecule has 1 aromatic carbocycles. The van der Waals surface area contributed by atoms with Crippen LogP contribution in [-0.4, -0.2) is 64.0 Å². The van der Waals surface area contributed by atoms with E-state index in [9.17, 15) is 4.79 Å². The first kappa shape index (κ1) is 26.7. The zero-order valence-corrected chi connectivity index (χ0v) is 18.5. The lowest BCUT2D eigenvalue weighted by molar-refractivity contribution is -0.134. The number of nitrogens with zero attached hydrogens (tertiary/aromatic N) is 4. The Bertz CT molecular complexity index is 690. The normalized spacial score (nSPS) is 15.0. The molecule has 1 atom stereocenters. The molecule has 1 aliphatic heterocycles. The Morgan fingerprint density at radius 3 is 2.36 bits per heavy atom. The van der Waals surface area contributed by atoms with Gasteiger partial charge in [0.15, 0.2) is 0 Å². The van der Waals surface area contributed by atoms with Crippen molar-refractivity contribution in [3.8, 4) is 0 Å². The van der Waals surface area contributed by atoms with Gasteiger partial charge in [-0.15, -0.1) is 37.2 Å². The Hall–Kier alpha value is -1.31. The first-order valence-electron chi connectivity index (χ1n) is 8.97. The molecule has 1 aliphatic rings. The summed E-state index contributed by atoms with van der Waals surface area (Å²) >= 11 is 0. The van der Waals surface area contributed by atoms with E-state index in [1.165, 1.54) is 5.56 Å². The van der Waals surface area contributed by atoms with E-state index in [0.717, 1.165) is 45.0 Å². The third-order valence-corrected chi connectivity index (χ3v) is 4.77. The lowest BCUT2D eigenvalue weighted by Gasteiger charge is -2.35. The molecule has 0 spiro atoms. The molecule has 2 aromatic rings. The molecule has 9 heteroatoms. The van der Waals surface area contributed by atoms with Gasteiger partial charge < -0.3 is 20.1 Å². The van der Waals surface area contributed by atoms with E-state index >= 15 is 0 Å². The highest BCUT2D eigenvalue weighted by Gasteiger charge is 2.25. The fraction of sp³-hybridized carbons (Fsp3) is 0.474. The van der Waals surface area contributed by atoms with Crippen molar-refractivity contribution in [3.63, 3.8) is 0 Å². The molecular formula is C19H30Cl3N5O. The predicted molar refractivity (Wildman–Crippen MR) is 120 cm³/mol. The molecule has 2 N–H and O–H groups in total. The van der Waals surface area contributed by atoms with Gasteiger partial charge in [0, 0.05) is 45.3 Å². The van der Waals surface area contributed by atoms with Gasteiger partial charge in [-0.25, -0.2) is 4.98 Å². The molecule has 1 fully saturated rings. The Balaban J connectivity index is 0.00000243. The highest BCUT2D eigenvalue weighted by Crippen LogP contribution is 2.08. The fourth-order valence-electron chi connectivity index (χ4n) is 3.22. The molecule has 0 bridgehead atoms. The molecule has 0 unspecified atom stereocenters. The molecule has 28 heavy (non-hydrogen) atoms. The van der Waals surface area contributed by atoms with Gasteiger partial charge >= 0.3 is 0 Å². The predicted octanol–water partition coefficient (Wildman–Crippen LogP) is 2.23. The van der Waals surface area contributed by atoms with Crippen LogP contribution in [0.25, 0.3) is 0 Å². The van der Waals surface area contributed by atoms with E-state index in [1.807, 2.05) is 33.9 Å². The summed E-state index contributed by atoms with van der Waals surface area (Å²) in [6, 6.07) is 9.72. The summed E-state index contributed by atoms with van der Waals surface area (Å²) in [5, 5.41) is 0. The maximum Gasteiger partial charge on any atom is 0.239 e. The van der Waals surface area contributed by atoms with Gasteiger partial charge in [-0.3, -0.25) is 4.79 Å². The number of nitrogens with two attached hydrogens (primary N) is 1. The van der Waals surface area contributed by atoms with Crippen molar-refractivity contribution in [1.82, 2.24) is 19.4 Å². The zero-order valence-electron chi connectivity index (χ0n) is 16.1. The monoisotopic (exact) mass is 449 g/mol. The fourth-order valence-corrected chi connectivity index (χ4v) is 3.22. The van der Waals surface area contributed by atoms with E-state index in [-0.39, 0.29) is 43.1 Å². The highest BCUT2D eigenvalue weighted by molar-refractivity contribution is 5.86. The van der Waals surface area contributed by atoms with Gasteiger partial charge in [0.25, 0.3) is 0 Å². The second-order valence-corrected chi connectivity index (χ2v) is 6.59. The lowest BCUT2D eigenvalue weighted by Crippen LogP contribution is -2.53. The van der Waals surface area contributed by atoms with Gasteiger partial charge in [-0.05, 0) is 12.1 Å². The van der Waals surface area contributed by atoms with Crippen LogP contribution < -0.4 is 5.73 Å². The molecule has 1 amide bonds. The number of rotatable bonds is 6. The van der Waals surface area contributed by atoms with Crippen LogP contribution in [0.3, 0.4) is 0 Å². The summed E-state index contributed by atoms with van der Waals surface area (Å²) in [4.78, 5) is 21.2. The minimum absolute atomic E-state index is 0.